The van der Waals surface area contributed by atoms with Crippen molar-refractivity contribution in [3.63, 3.8) is 0 Å². The predicted molar refractivity (Wildman–Crippen MR) is 63.9 cm³/mol. The molecule has 2 N–H and O–H groups in total. The summed E-state index contributed by atoms with van der Waals surface area (Å²) in [5.41, 5.74) is 1.29. The molecule has 3 unspecified atom stereocenters. The van der Waals surface area contributed by atoms with Gasteiger partial charge in [0, 0.05) is 5.92 Å². The van der Waals surface area contributed by atoms with Gasteiger partial charge in [-0.1, -0.05) is 17.3 Å². The quantitative estimate of drug-likeness (QED) is 0.610. The number of oxime groups is 1. The second-order valence-electron chi connectivity index (χ2n) is 4.90. The molecule has 0 spiro atoms. The first-order valence-corrected chi connectivity index (χ1v) is 6.02. The summed E-state index contributed by atoms with van der Waals surface area (Å²) in [6, 6.07) is 6.62. The minimum absolute atomic E-state index is 0.00403. The van der Waals surface area contributed by atoms with Crippen molar-refractivity contribution in [3.8, 4) is 0 Å². The van der Waals surface area contributed by atoms with Gasteiger partial charge in [-0.05, 0) is 37.3 Å². The highest BCUT2D eigenvalue weighted by Gasteiger charge is 2.45. The van der Waals surface area contributed by atoms with Crippen LogP contribution in [0.1, 0.15) is 19.3 Å². The minimum Gasteiger partial charge on any atom is -0.411 e. The van der Waals surface area contributed by atoms with Crippen molar-refractivity contribution >= 4 is 11.4 Å². The van der Waals surface area contributed by atoms with Gasteiger partial charge in [-0.15, -0.1) is 0 Å². The molecule has 0 heterocycles. The molecule has 1 aromatic rings. The number of rotatable bonds is 2. The van der Waals surface area contributed by atoms with Crippen molar-refractivity contribution in [2.24, 2.45) is 17.0 Å². The standard InChI is InChI=1S/C13H15FN2O/c14-10-3-1-2-4-11(10)15-12-8-5-6-9(7-8)13(12)16-17/h1-4,8-9,12,15,17H,5-7H2/b16-13-. The number of halogens is 1. The van der Waals surface area contributed by atoms with E-state index in [1.54, 1.807) is 18.2 Å². The normalized spacial score (nSPS) is 33.2. The molecule has 2 saturated carbocycles. The van der Waals surface area contributed by atoms with Crippen LogP contribution >= 0.6 is 0 Å². The van der Waals surface area contributed by atoms with Crippen LogP contribution in [0.25, 0.3) is 0 Å². The highest BCUT2D eigenvalue weighted by molar-refractivity contribution is 5.96. The van der Waals surface area contributed by atoms with Crippen molar-refractivity contribution < 1.29 is 9.60 Å². The topological polar surface area (TPSA) is 44.6 Å². The Labute approximate surface area is 99.3 Å². The average Bonchev–Trinajstić information content (AvgIpc) is 2.92. The molecule has 0 radical (unpaired) electrons. The van der Waals surface area contributed by atoms with Crippen LogP contribution in [0, 0.1) is 17.7 Å². The molecule has 2 fully saturated rings. The van der Waals surface area contributed by atoms with Crippen LogP contribution in [-0.4, -0.2) is 17.0 Å². The third-order valence-corrected chi connectivity index (χ3v) is 3.98. The largest absolute Gasteiger partial charge is 0.411 e. The molecular weight excluding hydrogens is 219 g/mol. The molecule has 2 bridgehead atoms. The van der Waals surface area contributed by atoms with Crippen molar-refractivity contribution in [1.82, 2.24) is 0 Å². The molecule has 2 aliphatic carbocycles. The summed E-state index contributed by atoms with van der Waals surface area (Å²) < 4.78 is 13.6. The Kier molecular flexibility index (Phi) is 2.50. The van der Waals surface area contributed by atoms with Crippen LogP contribution in [-0.2, 0) is 0 Å². The Morgan fingerprint density at radius 3 is 2.88 bits per heavy atom. The van der Waals surface area contributed by atoms with Crippen LogP contribution in [0.3, 0.4) is 0 Å². The fourth-order valence-corrected chi connectivity index (χ4v) is 3.16. The molecule has 3 rings (SSSR count). The van der Waals surface area contributed by atoms with Gasteiger partial charge in [0.15, 0.2) is 0 Å². The Hall–Kier alpha value is -1.58. The van der Waals surface area contributed by atoms with Gasteiger partial charge in [-0.3, -0.25) is 0 Å². The molecule has 0 aliphatic heterocycles. The maximum atomic E-state index is 13.6. The van der Waals surface area contributed by atoms with Gasteiger partial charge in [-0.2, -0.15) is 0 Å². The average molecular weight is 234 g/mol. The van der Waals surface area contributed by atoms with Crippen LogP contribution in [0.5, 0.6) is 0 Å². The van der Waals surface area contributed by atoms with Gasteiger partial charge in [0.2, 0.25) is 0 Å². The first-order valence-electron chi connectivity index (χ1n) is 6.02. The predicted octanol–water partition coefficient (Wildman–Crippen LogP) is 2.87. The zero-order valence-electron chi connectivity index (χ0n) is 9.44. The van der Waals surface area contributed by atoms with Gasteiger partial charge in [0.05, 0.1) is 17.4 Å². The minimum atomic E-state index is -0.257. The Balaban J connectivity index is 1.84. The lowest BCUT2D eigenvalue weighted by Crippen LogP contribution is -2.35. The van der Waals surface area contributed by atoms with Crippen LogP contribution in [0.15, 0.2) is 29.4 Å². The van der Waals surface area contributed by atoms with Crippen LogP contribution < -0.4 is 5.32 Å². The Bertz CT molecular complexity index is 460. The highest BCUT2D eigenvalue weighted by atomic mass is 19.1. The van der Waals surface area contributed by atoms with Gasteiger partial charge in [0.25, 0.3) is 0 Å². The zero-order chi connectivity index (χ0) is 11.8. The molecule has 0 saturated heterocycles. The highest BCUT2D eigenvalue weighted by Crippen LogP contribution is 2.44. The first kappa shape index (κ1) is 10.6. The number of nitrogens with one attached hydrogen (secondary N) is 1. The molecule has 2 aliphatic rings. The fraction of sp³-hybridized carbons (Fsp3) is 0.462. The van der Waals surface area contributed by atoms with E-state index in [-0.39, 0.29) is 11.9 Å². The number of nitrogens with zero attached hydrogens (tertiary/aromatic N) is 1. The van der Waals surface area contributed by atoms with E-state index >= 15 is 0 Å². The summed E-state index contributed by atoms with van der Waals surface area (Å²) in [5.74, 6) is 0.604. The third-order valence-electron chi connectivity index (χ3n) is 3.98. The molecule has 1 aromatic carbocycles. The van der Waals surface area contributed by atoms with E-state index in [1.165, 1.54) is 6.07 Å². The SMILES string of the molecule is O/N=C1/C2CCC(C2)C1Nc1ccccc1F. The number of anilines is 1. The first-order chi connectivity index (χ1) is 8.29. The number of hydrogen-bond donors (Lipinski definition) is 2. The van der Waals surface area contributed by atoms with E-state index in [0.717, 1.165) is 25.0 Å². The summed E-state index contributed by atoms with van der Waals surface area (Å²) in [6.45, 7) is 0. The fourth-order valence-electron chi connectivity index (χ4n) is 3.16. The van der Waals surface area contributed by atoms with Gasteiger partial charge in [0.1, 0.15) is 5.82 Å². The molecule has 3 nitrogen and oxygen atoms in total. The lowest BCUT2D eigenvalue weighted by Gasteiger charge is -2.25. The molecule has 90 valence electrons. The number of hydrogen-bond acceptors (Lipinski definition) is 3. The zero-order valence-corrected chi connectivity index (χ0v) is 9.44. The molecule has 3 atom stereocenters. The molecule has 0 amide bonds. The van der Waals surface area contributed by atoms with Gasteiger partial charge >= 0.3 is 0 Å². The van der Waals surface area contributed by atoms with Crippen molar-refractivity contribution in [2.75, 3.05) is 5.32 Å². The monoisotopic (exact) mass is 234 g/mol. The second-order valence-corrected chi connectivity index (χ2v) is 4.90. The maximum Gasteiger partial charge on any atom is 0.146 e. The van der Waals surface area contributed by atoms with Gasteiger partial charge in [-0.25, -0.2) is 4.39 Å². The van der Waals surface area contributed by atoms with E-state index < -0.39 is 0 Å². The molecular formula is C13H15FN2O. The Morgan fingerprint density at radius 2 is 2.12 bits per heavy atom. The smallest absolute Gasteiger partial charge is 0.146 e. The van der Waals surface area contributed by atoms with Crippen molar-refractivity contribution in [2.45, 2.75) is 25.3 Å². The van der Waals surface area contributed by atoms with Crippen LogP contribution in [0.4, 0.5) is 10.1 Å². The van der Waals surface area contributed by atoms with Crippen molar-refractivity contribution in [3.05, 3.63) is 30.1 Å². The van der Waals surface area contributed by atoms with Gasteiger partial charge < -0.3 is 10.5 Å². The summed E-state index contributed by atoms with van der Waals surface area (Å²) in [4.78, 5) is 0. The molecule has 4 heteroatoms. The molecule has 0 aromatic heterocycles. The lowest BCUT2D eigenvalue weighted by atomic mass is 9.93. The number of fused-ring (bicyclic) bond motifs is 2. The third kappa shape index (κ3) is 1.68. The molecule has 17 heavy (non-hydrogen) atoms. The van der Waals surface area contributed by atoms with E-state index in [4.69, 9.17) is 5.21 Å². The number of para-hydroxylation sites is 1. The Morgan fingerprint density at radius 1 is 1.29 bits per heavy atom. The summed E-state index contributed by atoms with van der Waals surface area (Å²) in [5, 5.41) is 15.6. The van der Waals surface area contributed by atoms with Crippen LogP contribution in [0.2, 0.25) is 0 Å². The van der Waals surface area contributed by atoms with E-state index in [2.05, 4.69) is 10.5 Å². The summed E-state index contributed by atoms with van der Waals surface area (Å²) in [7, 11) is 0. The van der Waals surface area contributed by atoms with E-state index in [9.17, 15) is 4.39 Å². The number of benzene rings is 1. The van der Waals surface area contributed by atoms with E-state index in [1.807, 2.05) is 0 Å². The summed E-state index contributed by atoms with van der Waals surface area (Å²) in [6.07, 6.45) is 3.29. The summed E-state index contributed by atoms with van der Waals surface area (Å²) >= 11 is 0. The van der Waals surface area contributed by atoms with Crippen molar-refractivity contribution in [1.29, 1.82) is 0 Å². The lowest BCUT2D eigenvalue weighted by molar-refractivity contribution is 0.312. The van der Waals surface area contributed by atoms with E-state index in [0.29, 0.717) is 17.5 Å². The second kappa shape index (κ2) is 4.02. The maximum absolute atomic E-state index is 13.6.